The fourth-order valence-corrected chi connectivity index (χ4v) is 1.11. The molecule has 1 aromatic rings. The van der Waals surface area contributed by atoms with Crippen LogP contribution in [0.3, 0.4) is 0 Å². The van der Waals surface area contributed by atoms with Crippen LogP contribution < -0.4 is 11.2 Å². The predicted octanol–water partition coefficient (Wildman–Crippen LogP) is 1.14. The van der Waals surface area contributed by atoms with E-state index in [0.29, 0.717) is 17.6 Å². The van der Waals surface area contributed by atoms with Crippen LogP contribution in [-0.4, -0.2) is 14.1 Å². The minimum Gasteiger partial charge on any atom is -0.399 e. The first-order valence-corrected chi connectivity index (χ1v) is 4.74. The fraction of sp³-hybridized carbons (Fsp3) is 0.364. The van der Waals surface area contributed by atoms with E-state index >= 15 is 0 Å². The lowest BCUT2D eigenvalue weighted by Gasteiger charge is -2.09. The van der Waals surface area contributed by atoms with Gasteiger partial charge in [-0.1, -0.05) is 30.9 Å². The summed E-state index contributed by atoms with van der Waals surface area (Å²) in [5.41, 5.74) is 8.55. The number of nitrogens with two attached hydrogens (primary N) is 1. The third-order valence-corrected chi connectivity index (χ3v) is 1.90. The number of nitrogen functional groups attached to an aromatic ring is 1. The number of anilines is 1. The van der Waals surface area contributed by atoms with Crippen molar-refractivity contribution in [3.05, 3.63) is 23.3 Å². The van der Waals surface area contributed by atoms with Crippen molar-refractivity contribution in [2.24, 2.45) is 0 Å². The first-order valence-electron chi connectivity index (χ1n) is 4.74. The van der Waals surface area contributed by atoms with Gasteiger partial charge in [0.2, 0.25) is 0 Å². The van der Waals surface area contributed by atoms with Gasteiger partial charge in [-0.3, -0.25) is 0 Å². The zero-order valence-corrected chi connectivity index (χ0v) is 9.00. The maximum Gasteiger partial charge on any atom is 0.124 e. The van der Waals surface area contributed by atoms with Crippen LogP contribution in [0.15, 0.2) is 12.1 Å². The van der Waals surface area contributed by atoms with E-state index in [9.17, 15) is 4.79 Å². The van der Waals surface area contributed by atoms with Crippen LogP contribution in [0, 0.1) is 6.92 Å². The lowest BCUT2D eigenvalue weighted by Crippen LogP contribution is -2.16. The van der Waals surface area contributed by atoms with Crippen molar-refractivity contribution in [1.29, 1.82) is 0 Å². The van der Waals surface area contributed by atoms with Crippen LogP contribution in [0.1, 0.15) is 25.0 Å². The van der Waals surface area contributed by atoms with Crippen LogP contribution in [-0.2, 0) is 11.2 Å². The fourth-order valence-electron chi connectivity index (χ4n) is 1.11. The van der Waals surface area contributed by atoms with E-state index in [1.165, 1.54) is 0 Å². The molecule has 0 bridgehead atoms. The van der Waals surface area contributed by atoms with Crippen molar-refractivity contribution in [3.63, 3.8) is 0 Å². The third-order valence-electron chi connectivity index (χ3n) is 1.90. The van der Waals surface area contributed by atoms with Gasteiger partial charge < -0.3 is 10.5 Å². The molecule has 0 fully saturated rings. The summed E-state index contributed by atoms with van der Waals surface area (Å²) >= 11 is 0. The van der Waals surface area contributed by atoms with Crippen LogP contribution in [0.2, 0.25) is 0 Å². The molecule has 14 heavy (non-hydrogen) atoms. The Kier molecular flexibility index (Phi) is 5.69. The highest BCUT2D eigenvalue weighted by Crippen LogP contribution is 2.10. The second-order valence-corrected chi connectivity index (χ2v) is 2.73. The number of aryl methyl sites for hydroxylation is 1. The summed E-state index contributed by atoms with van der Waals surface area (Å²) in [4.78, 5) is 10.3. The number of rotatable bonds is 2. The topological polar surface area (TPSA) is 43.1 Å². The van der Waals surface area contributed by atoms with Crippen molar-refractivity contribution in [2.75, 3.05) is 5.73 Å². The molecule has 0 aliphatic carbocycles. The van der Waals surface area contributed by atoms with Crippen molar-refractivity contribution >= 4 is 25.3 Å². The zero-order valence-electron chi connectivity index (χ0n) is 9.00. The van der Waals surface area contributed by atoms with Gasteiger partial charge in [0.15, 0.2) is 0 Å². The smallest absolute Gasteiger partial charge is 0.124 e. The number of benzene rings is 1. The summed E-state index contributed by atoms with van der Waals surface area (Å²) in [5, 5.41) is 0. The molecule has 1 rings (SSSR count). The number of hydrogen-bond donors (Lipinski definition) is 1. The zero-order chi connectivity index (χ0) is 11.1. The standard InChI is InChI=1S/C9H10BNO.C2H6/c1-6-2-3-8(11)7(4-5-12)9(6)10;1-2/h2-3,5H,4,11H2,1H3;1-2H3. The summed E-state index contributed by atoms with van der Waals surface area (Å²) in [6, 6.07) is 3.61. The largest absolute Gasteiger partial charge is 0.399 e. The highest BCUT2D eigenvalue weighted by molar-refractivity contribution is 6.35. The molecule has 0 atom stereocenters. The molecule has 0 saturated carbocycles. The van der Waals surface area contributed by atoms with Gasteiger partial charge >= 0.3 is 0 Å². The van der Waals surface area contributed by atoms with E-state index in [1.807, 2.05) is 26.8 Å². The quantitative estimate of drug-likeness (QED) is 0.430. The Bertz CT molecular complexity index is 310. The van der Waals surface area contributed by atoms with Gasteiger partial charge in [-0.2, -0.15) is 0 Å². The molecule has 0 spiro atoms. The lowest BCUT2D eigenvalue weighted by molar-refractivity contribution is -0.107. The monoisotopic (exact) mass is 189 g/mol. The molecule has 74 valence electrons. The molecular formula is C11H16BNO. The Morgan fingerprint density at radius 1 is 1.43 bits per heavy atom. The van der Waals surface area contributed by atoms with Crippen molar-refractivity contribution < 1.29 is 4.79 Å². The van der Waals surface area contributed by atoms with Crippen LogP contribution in [0.25, 0.3) is 0 Å². The summed E-state index contributed by atoms with van der Waals surface area (Å²) in [5.74, 6) is 0. The van der Waals surface area contributed by atoms with E-state index in [2.05, 4.69) is 0 Å². The molecule has 0 saturated heterocycles. The van der Waals surface area contributed by atoms with Gasteiger partial charge in [0, 0.05) is 12.1 Å². The normalized spacial score (nSPS) is 8.79. The Morgan fingerprint density at radius 2 is 2.00 bits per heavy atom. The minimum absolute atomic E-state index is 0.291. The van der Waals surface area contributed by atoms with Crippen molar-refractivity contribution in [1.82, 2.24) is 0 Å². The second kappa shape index (κ2) is 6.25. The molecule has 0 unspecified atom stereocenters. The number of carbonyl (C=O) groups excluding carboxylic acids is 1. The third kappa shape index (κ3) is 2.91. The van der Waals surface area contributed by atoms with Gasteiger partial charge in [-0.25, -0.2) is 0 Å². The second-order valence-electron chi connectivity index (χ2n) is 2.73. The maximum atomic E-state index is 10.3. The average Bonchev–Trinajstić information content (AvgIpc) is 2.22. The minimum atomic E-state index is 0.291. The molecule has 1 aromatic carbocycles. The molecule has 0 heterocycles. The SMILES string of the molecule is CC.[B]c1c(C)ccc(N)c1CC=O. The first-order chi connectivity index (χ1) is 6.66. The Morgan fingerprint density at radius 3 is 2.50 bits per heavy atom. The predicted molar refractivity (Wildman–Crippen MR) is 62.1 cm³/mol. The Labute approximate surface area is 86.9 Å². The highest BCUT2D eigenvalue weighted by Gasteiger charge is 2.03. The summed E-state index contributed by atoms with van der Waals surface area (Å²) in [6.45, 7) is 5.89. The van der Waals surface area contributed by atoms with Crippen LogP contribution in [0.4, 0.5) is 5.69 Å². The molecule has 2 radical (unpaired) electrons. The van der Waals surface area contributed by atoms with Gasteiger partial charge in [0.05, 0.1) is 0 Å². The summed E-state index contributed by atoms with van der Waals surface area (Å²) in [6.07, 6.45) is 1.10. The van der Waals surface area contributed by atoms with E-state index in [4.69, 9.17) is 13.6 Å². The molecule has 2 nitrogen and oxygen atoms in total. The Balaban J connectivity index is 0.000000791. The molecule has 0 amide bonds. The number of hydrogen-bond acceptors (Lipinski definition) is 2. The van der Waals surface area contributed by atoms with Gasteiger partial charge in [0.25, 0.3) is 0 Å². The molecule has 0 aromatic heterocycles. The van der Waals surface area contributed by atoms with Gasteiger partial charge in [-0.15, -0.1) is 0 Å². The first kappa shape index (κ1) is 12.8. The van der Waals surface area contributed by atoms with Gasteiger partial charge in [0.1, 0.15) is 14.1 Å². The van der Waals surface area contributed by atoms with E-state index in [0.717, 1.165) is 17.4 Å². The number of aldehydes is 1. The average molecular weight is 189 g/mol. The lowest BCUT2D eigenvalue weighted by atomic mass is 9.84. The molecule has 3 heteroatoms. The maximum absolute atomic E-state index is 10.3. The molecule has 0 aliphatic rings. The molecule has 2 N–H and O–H groups in total. The molecular weight excluding hydrogens is 173 g/mol. The van der Waals surface area contributed by atoms with Crippen molar-refractivity contribution in [3.8, 4) is 0 Å². The number of carbonyl (C=O) groups is 1. The highest BCUT2D eigenvalue weighted by atomic mass is 16.1. The van der Waals surface area contributed by atoms with Crippen molar-refractivity contribution in [2.45, 2.75) is 27.2 Å². The van der Waals surface area contributed by atoms with E-state index in [-0.39, 0.29) is 0 Å². The molecule has 0 aliphatic heterocycles. The van der Waals surface area contributed by atoms with E-state index < -0.39 is 0 Å². The van der Waals surface area contributed by atoms with Crippen LogP contribution in [0.5, 0.6) is 0 Å². The van der Waals surface area contributed by atoms with Crippen LogP contribution >= 0.6 is 0 Å². The Hall–Kier alpha value is -1.25. The summed E-state index contributed by atoms with van der Waals surface area (Å²) < 4.78 is 0. The summed E-state index contributed by atoms with van der Waals surface area (Å²) in [7, 11) is 5.73. The van der Waals surface area contributed by atoms with E-state index in [1.54, 1.807) is 6.07 Å². The van der Waals surface area contributed by atoms with Gasteiger partial charge in [-0.05, 0) is 18.6 Å².